The highest BCUT2D eigenvalue weighted by Crippen LogP contribution is 2.45. The van der Waals surface area contributed by atoms with Crippen LogP contribution in [0.15, 0.2) is 39.6 Å². The summed E-state index contributed by atoms with van der Waals surface area (Å²) < 4.78 is 30.6. The number of aromatic nitrogens is 4. The van der Waals surface area contributed by atoms with Crippen LogP contribution in [0.2, 0.25) is 10.0 Å². The van der Waals surface area contributed by atoms with Gasteiger partial charge in [0, 0.05) is 48.0 Å². The maximum absolute atomic E-state index is 13.7. The number of hydrogen-bond acceptors (Lipinski definition) is 8. The molecule has 0 amide bonds. The molecule has 1 aliphatic rings. The molecule has 37 heavy (non-hydrogen) atoms. The van der Waals surface area contributed by atoms with Gasteiger partial charge in [-0.25, -0.2) is 9.18 Å². The zero-order valence-corrected chi connectivity index (χ0v) is 20.9. The van der Waals surface area contributed by atoms with E-state index in [-0.39, 0.29) is 17.0 Å². The molecule has 0 atom stereocenters. The van der Waals surface area contributed by atoms with Crippen LogP contribution in [-0.2, 0) is 17.8 Å². The van der Waals surface area contributed by atoms with Gasteiger partial charge in [-0.3, -0.25) is 4.98 Å². The lowest BCUT2D eigenvalue weighted by molar-refractivity contribution is 0.0696. The van der Waals surface area contributed by atoms with Crippen LogP contribution < -0.4 is 0 Å². The van der Waals surface area contributed by atoms with Gasteiger partial charge in [0.05, 0.1) is 22.2 Å². The Morgan fingerprint density at radius 3 is 2.62 bits per heavy atom. The summed E-state index contributed by atoms with van der Waals surface area (Å²) in [5, 5.41) is 18.0. The van der Waals surface area contributed by atoms with Crippen molar-refractivity contribution in [3.8, 4) is 22.6 Å². The summed E-state index contributed by atoms with van der Waals surface area (Å²) in [7, 11) is 0. The molecule has 1 fully saturated rings. The van der Waals surface area contributed by atoms with Crippen LogP contribution in [0.3, 0.4) is 0 Å². The molecule has 0 unspecified atom stereocenters. The van der Waals surface area contributed by atoms with Crippen LogP contribution in [0, 0.1) is 5.82 Å². The number of aromatic carboxylic acids is 1. The van der Waals surface area contributed by atoms with E-state index in [4.69, 9.17) is 42.1 Å². The van der Waals surface area contributed by atoms with Gasteiger partial charge in [0.1, 0.15) is 17.3 Å². The fourth-order valence-electron chi connectivity index (χ4n) is 3.93. The third-order valence-electron chi connectivity index (χ3n) is 5.90. The Hall–Kier alpha value is -3.34. The minimum absolute atomic E-state index is 0.134. The second-order valence-electron chi connectivity index (χ2n) is 8.68. The summed E-state index contributed by atoms with van der Waals surface area (Å²) in [5.41, 5.74) is 2.04. The minimum Gasteiger partial charge on any atom is -0.478 e. The van der Waals surface area contributed by atoms with Crippen LogP contribution in [0.5, 0.6) is 0 Å². The number of pyridine rings is 1. The van der Waals surface area contributed by atoms with E-state index in [1.807, 2.05) is 0 Å². The number of carbonyl (C=O) groups is 1. The van der Waals surface area contributed by atoms with Gasteiger partial charge in [0.15, 0.2) is 0 Å². The summed E-state index contributed by atoms with van der Waals surface area (Å²) in [5.74, 6) is -0.284. The van der Waals surface area contributed by atoms with Crippen molar-refractivity contribution < 1.29 is 28.1 Å². The summed E-state index contributed by atoms with van der Waals surface area (Å²) in [6.07, 6.45) is 7.03. The zero-order chi connectivity index (χ0) is 25.9. The molecule has 0 bridgehead atoms. The normalized spacial score (nSPS) is 13.3. The van der Waals surface area contributed by atoms with Gasteiger partial charge in [-0.1, -0.05) is 33.5 Å². The van der Waals surface area contributed by atoms with E-state index in [1.165, 1.54) is 18.5 Å². The van der Waals surface area contributed by atoms with Crippen LogP contribution in [-0.4, -0.2) is 38.0 Å². The van der Waals surface area contributed by atoms with Crippen molar-refractivity contribution in [2.45, 2.75) is 44.6 Å². The lowest BCUT2D eigenvalue weighted by Gasteiger charge is -2.08. The molecule has 1 saturated carbocycles. The Kier molecular flexibility index (Phi) is 7.50. The summed E-state index contributed by atoms with van der Waals surface area (Å²) in [6, 6.07) is 3.40. The second kappa shape index (κ2) is 11.0. The average molecular weight is 547 g/mol. The SMILES string of the molecule is O=C(O)c1cc(F)cc(-c2noc(CCCCOCc3c(-c4c(Cl)cncc4Cl)noc3C3CC3)n2)c1. The van der Waals surface area contributed by atoms with Gasteiger partial charge >= 0.3 is 5.97 Å². The van der Waals surface area contributed by atoms with E-state index in [2.05, 4.69) is 20.3 Å². The predicted octanol–water partition coefficient (Wildman–Crippen LogP) is 6.35. The Balaban J connectivity index is 1.16. The first-order valence-electron chi connectivity index (χ1n) is 11.6. The van der Waals surface area contributed by atoms with Gasteiger partial charge < -0.3 is 18.9 Å². The Labute approximate surface area is 220 Å². The molecule has 3 aromatic heterocycles. The van der Waals surface area contributed by atoms with E-state index >= 15 is 0 Å². The molecule has 192 valence electrons. The van der Waals surface area contributed by atoms with Gasteiger partial charge in [0.2, 0.25) is 11.7 Å². The van der Waals surface area contributed by atoms with Crippen molar-refractivity contribution in [3.63, 3.8) is 0 Å². The van der Waals surface area contributed by atoms with E-state index in [0.717, 1.165) is 42.7 Å². The fourth-order valence-corrected chi connectivity index (χ4v) is 4.48. The van der Waals surface area contributed by atoms with Gasteiger partial charge in [-0.15, -0.1) is 0 Å². The van der Waals surface area contributed by atoms with Crippen molar-refractivity contribution in [3.05, 3.63) is 69.2 Å². The highest BCUT2D eigenvalue weighted by atomic mass is 35.5. The Bertz CT molecular complexity index is 1420. The standard InChI is InChI=1S/C25H21Cl2FN4O5/c26-18-10-29-11-19(27)21(18)22-17(23(37-31-22)13-4-5-13)12-35-6-2-1-3-20-30-24(32-36-20)14-7-15(25(33)34)9-16(28)8-14/h7-11,13H,1-6,12H2,(H,33,34). The zero-order valence-electron chi connectivity index (χ0n) is 19.4. The average Bonchev–Trinajstić information content (AvgIpc) is 3.45. The smallest absolute Gasteiger partial charge is 0.335 e. The van der Waals surface area contributed by atoms with E-state index < -0.39 is 11.8 Å². The predicted molar refractivity (Wildman–Crippen MR) is 131 cm³/mol. The lowest BCUT2D eigenvalue weighted by atomic mass is 10.1. The molecule has 3 heterocycles. The molecule has 1 aromatic carbocycles. The van der Waals surface area contributed by atoms with Crippen LogP contribution in [0.4, 0.5) is 4.39 Å². The maximum atomic E-state index is 13.7. The number of rotatable bonds is 11. The maximum Gasteiger partial charge on any atom is 0.335 e. The number of ether oxygens (including phenoxy) is 1. The third-order valence-corrected chi connectivity index (χ3v) is 6.48. The topological polar surface area (TPSA) is 124 Å². The quantitative estimate of drug-likeness (QED) is 0.214. The van der Waals surface area contributed by atoms with Crippen molar-refractivity contribution in [1.82, 2.24) is 20.3 Å². The summed E-state index contributed by atoms with van der Waals surface area (Å²) in [4.78, 5) is 19.4. The number of carboxylic acid groups (broad SMARTS) is 1. The summed E-state index contributed by atoms with van der Waals surface area (Å²) in [6.45, 7) is 0.773. The van der Waals surface area contributed by atoms with Crippen molar-refractivity contribution in [2.24, 2.45) is 0 Å². The minimum atomic E-state index is -1.24. The molecule has 0 aliphatic heterocycles. The van der Waals surface area contributed by atoms with Crippen LogP contribution in [0.1, 0.15) is 59.2 Å². The monoisotopic (exact) mass is 546 g/mol. The van der Waals surface area contributed by atoms with E-state index in [0.29, 0.717) is 59.2 Å². The van der Waals surface area contributed by atoms with E-state index in [1.54, 1.807) is 0 Å². The first-order valence-corrected chi connectivity index (χ1v) is 12.4. The number of unbranched alkanes of at least 4 members (excludes halogenated alkanes) is 1. The number of nitrogens with zero attached hydrogens (tertiary/aromatic N) is 4. The fraction of sp³-hybridized carbons (Fsp3) is 0.320. The molecule has 0 spiro atoms. The molecule has 1 aliphatic carbocycles. The Morgan fingerprint density at radius 2 is 1.89 bits per heavy atom. The highest BCUT2D eigenvalue weighted by Gasteiger charge is 2.33. The number of carboxylic acids is 1. The number of benzene rings is 1. The summed E-state index contributed by atoms with van der Waals surface area (Å²) >= 11 is 12.7. The first-order chi connectivity index (χ1) is 17.9. The molecule has 1 N–H and O–H groups in total. The highest BCUT2D eigenvalue weighted by molar-refractivity contribution is 6.38. The Morgan fingerprint density at radius 1 is 1.11 bits per heavy atom. The molecular formula is C25H21Cl2FN4O5. The molecule has 5 rings (SSSR count). The van der Waals surface area contributed by atoms with Gasteiger partial charge in [-0.05, 0) is 43.9 Å². The van der Waals surface area contributed by atoms with Crippen molar-refractivity contribution >= 4 is 29.2 Å². The molecule has 9 nitrogen and oxygen atoms in total. The third kappa shape index (κ3) is 5.82. The van der Waals surface area contributed by atoms with E-state index in [9.17, 15) is 9.18 Å². The lowest BCUT2D eigenvalue weighted by Crippen LogP contribution is -2.00. The molecule has 12 heteroatoms. The number of hydrogen-bond donors (Lipinski definition) is 1. The van der Waals surface area contributed by atoms with Crippen molar-refractivity contribution in [2.75, 3.05) is 6.61 Å². The van der Waals surface area contributed by atoms with Gasteiger partial charge in [0.25, 0.3) is 0 Å². The number of aryl methyl sites for hydroxylation is 1. The number of halogens is 3. The molecule has 0 radical (unpaired) electrons. The molecule has 4 aromatic rings. The second-order valence-corrected chi connectivity index (χ2v) is 9.50. The van der Waals surface area contributed by atoms with Crippen LogP contribution >= 0.6 is 23.2 Å². The van der Waals surface area contributed by atoms with Crippen LogP contribution in [0.25, 0.3) is 22.6 Å². The van der Waals surface area contributed by atoms with Crippen molar-refractivity contribution in [1.29, 1.82) is 0 Å². The largest absolute Gasteiger partial charge is 0.478 e. The molecule has 0 saturated heterocycles. The molecular weight excluding hydrogens is 526 g/mol. The first kappa shape index (κ1) is 25.3. The van der Waals surface area contributed by atoms with Gasteiger partial charge in [-0.2, -0.15) is 4.98 Å².